The molecule has 1 fully saturated rings. The van der Waals surface area contributed by atoms with Gasteiger partial charge in [0.25, 0.3) is 0 Å². The second-order valence-corrected chi connectivity index (χ2v) is 3.07. The predicted octanol–water partition coefficient (Wildman–Crippen LogP) is 0.666. The van der Waals surface area contributed by atoms with E-state index in [2.05, 4.69) is 0 Å². The average Bonchev–Trinajstić information content (AvgIpc) is 1.60. The molecule has 54 valence electrons. The molecule has 1 aliphatic rings. The Bertz CT molecular complexity index is 88.9. The lowest BCUT2D eigenvalue weighted by Crippen LogP contribution is -2.38. The monoisotopic (exact) mass is 129 g/mol. The number of hydrogen-bond donors (Lipinski definition) is 1. The highest BCUT2D eigenvalue weighted by Crippen LogP contribution is 2.29. The summed E-state index contributed by atoms with van der Waals surface area (Å²) in [6.07, 6.45) is 3.52. The lowest BCUT2D eigenvalue weighted by molar-refractivity contribution is -0.0380. The first-order valence-electron chi connectivity index (χ1n) is 3.56. The molecule has 2 nitrogen and oxygen atoms in total. The van der Waals surface area contributed by atoms with E-state index in [-0.39, 0.29) is 6.23 Å². The maximum absolute atomic E-state index is 9.37. The van der Waals surface area contributed by atoms with Crippen LogP contribution >= 0.6 is 0 Å². The zero-order valence-electron chi connectivity index (χ0n) is 6.17. The Labute approximate surface area is 56.5 Å². The highest BCUT2D eigenvalue weighted by Gasteiger charge is 2.26. The first-order valence-corrected chi connectivity index (χ1v) is 3.56. The summed E-state index contributed by atoms with van der Waals surface area (Å²) in [7, 11) is 3.84. The minimum absolute atomic E-state index is 0.196. The molecule has 1 saturated carbocycles. The molecule has 0 heterocycles. The number of hydrogen-bond acceptors (Lipinski definition) is 2. The minimum atomic E-state index is -0.196. The largest absolute Gasteiger partial charge is 0.378 e. The Morgan fingerprint density at radius 3 is 2.11 bits per heavy atom. The average molecular weight is 129 g/mol. The van der Waals surface area contributed by atoms with Crippen molar-refractivity contribution in [1.82, 2.24) is 4.90 Å². The van der Waals surface area contributed by atoms with Gasteiger partial charge < -0.3 is 5.11 Å². The summed E-state index contributed by atoms with van der Waals surface area (Å²) >= 11 is 0. The molecule has 1 N–H and O–H groups in total. The number of aliphatic hydroxyl groups excluding tert-OH is 1. The van der Waals surface area contributed by atoms with E-state index in [1.54, 1.807) is 0 Å². The van der Waals surface area contributed by atoms with Crippen LogP contribution in [-0.4, -0.2) is 30.3 Å². The van der Waals surface area contributed by atoms with Crippen LogP contribution in [0.25, 0.3) is 0 Å². The molecule has 0 spiro atoms. The van der Waals surface area contributed by atoms with E-state index >= 15 is 0 Å². The van der Waals surface area contributed by atoms with E-state index in [4.69, 9.17) is 0 Å². The van der Waals surface area contributed by atoms with E-state index in [1.807, 2.05) is 19.0 Å². The third kappa shape index (κ3) is 1.43. The molecule has 1 atom stereocenters. The second-order valence-electron chi connectivity index (χ2n) is 3.07. The summed E-state index contributed by atoms with van der Waals surface area (Å²) in [5.41, 5.74) is 0. The van der Waals surface area contributed by atoms with Crippen LogP contribution in [0.5, 0.6) is 0 Å². The van der Waals surface area contributed by atoms with Crippen molar-refractivity contribution in [2.45, 2.75) is 25.5 Å². The predicted molar refractivity (Wildman–Crippen MR) is 37.0 cm³/mol. The fraction of sp³-hybridized carbons (Fsp3) is 1.00. The van der Waals surface area contributed by atoms with Gasteiger partial charge in [-0.25, -0.2) is 0 Å². The Hall–Kier alpha value is -0.0800. The van der Waals surface area contributed by atoms with Gasteiger partial charge in [-0.1, -0.05) is 6.42 Å². The number of aliphatic hydroxyl groups is 1. The smallest absolute Gasteiger partial charge is 0.109 e. The molecular formula is C7H15NO. The summed E-state index contributed by atoms with van der Waals surface area (Å²) in [6, 6.07) is 0. The normalized spacial score (nSPS) is 24.0. The summed E-state index contributed by atoms with van der Waals surface area (Å²) in [4.78, 5) is 1.88. The number of rotatable bonds is 2. The van der Waals surface area contributed by atoms with Crippen LogP contribution in [0, 0.1) is 5.92 Å². The van der Waals surface area contributed by atoms with Crippen LogP contribution < -0.4 is 0 Å². The molecule has 1 unspecified atom stereocenters. The molecule has 0 aromatic carbocycles. The molecule has 0 aromatic heterocycles. The van der Waals surface area contributed by atoms with Gasteiger partial charge in [0.05, 0.1) is 0 Å². The van der Waals surface area contributed by atoms with Gasteiger partial charge >= 0.3 is 0 Å². The van der Waals surface area contributed by atoms with Crippen molar-refractivity contribution in [1.29, 1.82) is 0 Å². The van der Waals surface area contributed by atoms with Crippen LogP contribution in [0.3, 0.4) is 0 Å². The topological polar surface area (TPSA) is 23.5 Å². The van der Waals surface area contributed by atoms with Gasteiger partial charge in [-0.05, 0) is 32.9 Å². The van der Waals surface area contributed by atoms with E-state index in [0.717, 1.165) is 0 Å². The first-order chi connectivity index (χ1) is 4.22. The van der Waals surface area contributed by atoms with Gasteiger partial charge in [-0.2, -0.15) is 0 Å². The van der Waals surface area contributed by atoms with E-state index in [1.165, 1.54) is 19.3 Å². The molecular weight excluding hydrogens is 114 g/mol. The highest BCUT2D eigenvalue weighted by atomic mass is 16.3. The molecule has 0 aromatic rings. The lowest BCUT2D eigenvalue weighted by atomic mass is 9.84. The van der Waals surface area contributed by atoms with Gasteiger partial charge in [0.15, 0.2) is 0 Å². The third-order valence-corrected chi connectivity index (χ3v) is 2.10. The summed E-state index contributed by atoms with van der Waals surface area (Å²) in [5, 5.41) is 9.37. The van der Waals surface area contributed by atoms with Gasteiger partial charge in [-0.15, -0.1) is 0 Å². The van der Waals surface area contributed by atoms with Crippen molar-refractivity contribution in [3.63, 3.8) is 0 Å². The molecule has 0 saturated heterocycles. The SMILES string of the molecule is CN(C)C(O)C1CCC1. The molecule has 0 amide bonds. The lowest BCUT2D eigenvalue weighted by Gasteiger charge is -2.33. The van der Waals surface area contributed by atoms with Gasteiger partial charge in [-0.3, -0.25) is 4.90 Å². The Kier molecular flexibility index (Phi) is 2.09. The van der Waals surface area contributed by atoms with E-state index in [0.29, 0.717) is 5.92 Å². The molecule has 1 aliphatic carbocycles. The zero-order chi connectivity index (χ0) is 6.85. The summed E-state index contributed by atoms with van der Waals surface area (Å²) in [5.74, 6) is 0.556. The quantitative estimate of drug-likeness (QED) is 0.554. The van der Waals surface area contributed by atoms with Gasteiger partial charge in [0.2, 0.25) is 0 Å². The fourth-order valence-electron chi connectivity index (χ4n) is 1.16. The van der Waals surface area contributed by atoms with Gasteiger partial charge in [0, 0.05) is 0 Å². The Morgan fingerprint density at radius 1 is 1.44 bits per heavy atom. The second kappa shape index (κ2) is 2.67. The fourth-order valence-corrected chi connectivity index (χ4v) is 1.16. The Balaban J connectivity index is 2.23. The molecule has 0 bridgehead atoms. The van der Waals surface area contributed by atoms with Crippen molar-refractivity contribution in [2.75, 3.05) is 14.1 Å². The third-order valence-electron chi connectivity index (χ3n) is 2.10. The summed E-state index contributed by atoms with van der Waals surface area (Å²) in [6.45, 7) is 0. The number of nitrogens with zero attached hydrogens (tertiary/aromatic N) is 1. The standard InChI is InChI=1S/C7H15NO/c1-8(2)7(9)6-4-3-5-6/h6-7,9H,3-5H2,1-2H3. The minimum Gasteiger partial charge on any atom is -0.378 e. The molecule has 1 rings (SSSR count). The summed E-state index contributed by atoms with van der Waals surface area (Å²) < 4.78 is 0. The first kappa shape index (κ1) is 7.03. The van der Waals surface area contributed by atoms with Crippen molar-refractivity contribution >= 4 is 0 Å². The Morgan fingerprint density at radius 2 is 2.00 bits per heavy atom. The van der Waals surface area contributed by atoms with E-state index < -0.39 is 0 Å². The van der Waals surface area contributed by atoms with Crippen LogP contribution in [-0.2, 0) is 0 Å². The van der Waals surface area contributed by atoms with Gasteiger partial charge in [0.1, 0.15) is 6.23 Å². The van der Waals surface area contributed by atoms with Crippen molar-refractivity contribution in [3.05, 3.63) is 0 Å². The molecule has 2 heteroatoms. The maximum Gasteiger partial charge on any atom is 0.109 e. The van der Waals surface area contributed by atoms with E-state index in [9.17, 15) is 5.11 Å². The van der Waals surface area contributed by atoms with Crippen LogP contribution in [0.1, 0.15) is 19.3 Å². The van der Waals surface area contributed by atoms with Crippen LogP contribution in [0.15, 0.2) is 0 Å². The van der Waals surface area contributed by atoms with Crippen molar-refractivity contribution in [2.24, 2.45) is 5.92 Å². The molecule has 0 radical (unpaired) electrons. The molecule has 0 aliphatic heterocycles. The van der Waals surface area contributed by atoms with Crippen LogP contribution in [0.2, 0.25) is 0 Å². The highest BCUT2D eigenvalue weighted by molar-refractivity contribution is 4.74. The van der Waals surface area contributed by atoms with Crippen molar-refractivity contribution < 1.29 is 5.11 Å². The maximum atomic E-state index is 9.37. The zero-order valence-corrected chi connectivity index (χ0v) is 6.17. The van der Waals surface area contributed by atoms with Crippen LogP contribution in [0.4, 0.5) is 0 Å². The molecule has 9 heavy (non-hydrogen) atoms. The van der Waals surface area contributed by atoms with Crippen molar-refractivity contribution in [3.8, 4) is 0 Å².